The van der Waals surface area contributed by atoms with E-state index >= 15 is 0 Å². The number of unbranched alkanes of at least 4 members (excludes halogenated alkanes) is 32. The summed E-state index contributed by atoms with van der Waals surface area (Å²) < 4.78 is 16.8. The maximum atomic E-state index is 12.8. The van der Waals surface area contributed by atoms with E-state index < -0.39 is 6.10 Å². The first-order valence-corrected chi connectivity index (χ1v) is 30.4. The molecule has 0 fully saturated rings. The highest BCUT2D eigenvalue weighted by Crippen LogP contribution is 2.16. The van der Waals surface area contributed by atoms with E-state index in [1.54, 1.807) is 0 Å². The van der Waals surface area contributed by atoms with Crippen LogP contribution < -0.4 is 0 Å². The third-order valence-corrected chi connectivity index (χ3v) is 13.2. The zero-order valence-electron chi connectivity index (χ0n) is 47.0. The number of hydrogen-bond donors (Lipinski definition) is 0. The van der Waals surface area contributed by atoms with Crippen molar-refractivity contribution < 1.29 is 28.6 Å². The van der Waals surface area contributed by atoms with Crippen LogP contribution in [0.25, 0.3) is 0 Å². The van der Waals surface area contributed by atoms with Gasteiger partial charge in [0.25, 0.3) is 0 Å². The Kier molecular flexibility index (Phi) is 56.8. The molecule has 0 radical (unpaired) electrons. The molecular weight excluding hydrogens is 877 g/mol. The van der Waals surface area contributed by atoms with Gasteiger partial charge in [-0.15, -0.1) is 0 Å². The fourth-order valence-electron chi connectivity index (χ4n) is 8.64. The highest BCUT2D eigenvalue weighted by atomic mass is 16.6. The van der Waals surface area contributed by atoms with Crippen molar-refractivity contribution in [1.29, 1.82) is 0 Å². The normalized spacial score (nSPS) is 12.5. The summed E-state index contributed by atoms with van der Waals surface area (Å²) in [5.74, 6) is -0.882. The monoisotopic (exact) mass is 991 g/mol. The molecule has 6 heteroatoms. The van der Waals surface area contributed by atoms with Crippen molar-refractivity contribution in [3.63, 3.8) is 0 Å². The topological polar surface area (TPSA) is 78.9 Å². The van der Waals surface area contributed by atoms with Crippen LogP contribution >= 0.6 is 0 Å². The van der Waals surface area contributed by atoms with Gasteiger partial charge >= 0.3 is 17.9 Å². The molecule has 0 aliphatic rings. The van der Waals surface area contributed by atoms with Crippen molar-refractivity contribution in [1.82, 2.24) is 0 Å². The molecule has 1 atom stereocenters. The third-order valence-electron chi connectivity index (χ3n) is 13.2. The van der Waals surface area contributed by atoms with Gasteiger partial charge in [-0.3, -0.25) is 14.4 Å². The van der Waals surface area contributed by atoms with Gasteiger partial charge in [0.15, 0.2) is 6.10 Å². The van der Waals surface area contributed by atoms with Gasteiger partial charge in [-0.2, -0.15) is 0 Å². The Bertz CT molecular complexity index is 1320. The van der Waals surface area contributed by atoms with Gasteiger partial charge in [-0.05, 0) is 89.9 Å². The maximum absolute atomic E-state index is 12.8. The van der Waals surface area contributed by atoms with E-state index in [1.807, 2.05) is 0 Å². The summed E-state index contributed by atoms with van der Waals surface area (Å²) in [5.41, 5.74) is 0. The molecule has 0 aromatic heterocycles. The highest BCUT2D eigenvalue weighted by Gasteiger charge is 2.19. The summed E-state index contributed by atoms with van der Waals surface area (Å²) in [5, 5.41) is 0. The van der Waals surface area contributed by atoms with Crippen LogP contribution in [-0.4, -0.2) is 37.2 Å². The lowest BCUT2D eigenvalue weighted by Gasteiger charge is -2.18. The predicted molar refractivity (Wildman–Crippen MR) is 307 cm³/mol. The lowest BCUT2D eigenvalue weighted by Crippen LogP contribution is -2.30. The highest BCUT2D eigenvalue weighted by molar-refractivity contribution is 5.71. The van der Waals surface area contributed by atoms with Crippen LogP contribution in [0.5, 0.6) is 0 Å². The molecule has 0 aliphatic carbocycles. The van der Waals surface area contributed by atoms with Gasteiger partial charge in [0, 0.05) is 19.3 Å². The minimum Gasteiger partial charge on any atom is -0.462 e. The maximum Gasteiger partial charge on any atom is 0.306 e. The minimum atomic E-state index is -0.772. The van der Waals surface area contributed by atoms with Crippen molar-refractivity contribution in [2.45, 2.75) is 309 Å². The van der Waals surface area contributed by atoms with E-state index in [0.29, 0.717) is 19.3 Å². The molecule has 0 aromatic rings. The van der Waals surface area contributed by atoms with Crippen molar-refractivity contribution in [3.05, 3.63) is 72.9 Å². The van der Waals surface area contributed by atoms with Gasteiger partial charge in [0.05, 0.1) is 0 Å². The van der Waals surface area contributed by atoms with E-state index in [2.05, 4.69) is 93.7 Å². The first-order valence-electron chi connectivity index (χ1n) is 30.4. The van der Waals surface area contributed by atoms with Crippen molar-refractivity contribution in [2.75, 3.05) is 13.2 Å². The van der Waals surface area contributed by atoms with Crippen molar-refractivity contribution >= 4 is 17.9 Å². The van der Waals surface area contributed by atoms with E-state index in [9.17, 15) is 14.4 Å². The van der Waals surface area contributed by atoms with E-state index in [0.717, 1.165) is 96.3 Å². The second-order valence-corrected chi connectivity index (χ2v) is 20.2. The molecule has 0 saturated carbocycles. The summed E-state index contributed by atoms with van der Waals surface area (Å²) in [4.78, 5) is 37.9. The first-order chi connectivity index (χ1) is 35.0. The summed E-state index contributed by atoms with van der Waals surface area (Å²) in [7, 11) is 0. The molecule has 0 aromatic carbocycles. The fraction of sp³-hybridized carbons (Fsp3) is 0.769. The Balaban J connectivity index is 4.01. The van der Waals surface area contributed by atoms with E-state index in [4.69, 9.17) is 14.2 Å². The Labute approximate surface area is 440 Å². The lowest BCUT2D eigenvalue weighted by atomic mass is 10.0. The number of rotatable bonds is 55. The van der Waals surface area contributed by atoms with Crippen molar-refractivity contribution in [2.24, 2.45) is 0 Å². The standard InChI is InChI=1S/C65H114O6/c1-4-7-10-13-15-17-19-21-23-25-27-28-29-30-31-32-33-34-35-36-38-39-41-43-45-47-49-52-55-58-64(67)70-61-62(60-69-63(66)57-54-51-12-9-6-3)71-65(68)59-56-53-50-48-46-44-42-40-37-26-24-22-20-18-16-14-11-8-5-2/h7,10,15-18,21-24,27-28,62H,4-6,8-9,11-14,19-20,25-26,29-61H2,1-3H3/b10-7-,17-15-,18-16-,23-21-,24-22-,28-27-. The van der Waals surface area contributed by atoms with Crippen LogP contribution in [0.4, 0.5) is 0 Å². The molecule has 0 rings (SSSR count). The van der Waals surface area contributed by atoms with Crippen LogP contribution in [-0.2, 0) is 28.6 Å². The molecule has 0 amide bonds. The Hall–Kier alpha value is -3.15. The number of allylic oxidation sites excluding steroid dienone is 12. The molecule has 0 bridgehead atoms. The zero-order valence-corrected chi connectivity index (χ0v) is 47.0. The average Bonchev–Trinajstić information content (AvgIpc) is 3.37. The Morgan fingerprint density at radius 2 is 0.549 bits per heavy atom. The van der Waals surface area contributed by atoms with Gasteiger partial charge < -0.3 is 14.2 Å². The smallest absolute Gasteiger partial charge is 0.306 e. The molecule has 0 saturated heterocycles. The average molecular weight is 992 g/mol. The predicted octanol–water partition coefficient (Wildman–Crippen LogP) is 20.5. The Morgan fingerprint density at radius 1 is 0.296 bits per heavy atom. The molecule has 0 heterocycles. The molecule has 1 unspecified atom stereocenters. The second kappa shape index (κ2) is 59.4. The molecule has 6 nitrogen and oxygen atoms in total. The van der Waals surface area contributed by atoms with Crippen LogP contribution in [0.1, 0.15) is 303 Å². The summed E-state index contributed by atoms with van der Waals surface area (Å²) >= 11 is 0. The van der Waals surface area contributed by atoms with Crippen LogP contribution in [0, 0.1) is 0 Å². The summed E-state index contributed by atoms with van der Waals surface area (Å²) in [6.07, 6.45) is 76.7. The number of hydrogen-bond acceptors (Lipinski definition) is 6. The minimum absolute atomic E-state index is 0.0745. The van der Waals surface area contributed by atoms with Crippen LogP contribution in [0.3, 0.4) is 0 Å². The number of carbonyl (C=O) groups excluding carboxylic acids is 3. The van der Waals surface area contributed by atoms with Gasteiger partial charge in [0.2, 0.25) is 0 Å². The second-order valence-electron chi connectivity index (χ2n) is 20.2. The van der Waals surface area contributed by atoms with Crippen LogP contribution in [0.2, 0.25) is 0 Å². The molecule has 71 heavy (non-hydrogen) atoms. The zero-order chi connectivity index (χ0) is 51.4. The van der Waals surface area contributed by atoms with Crippen LogP contribution in [0.15, 0.2) is 72.9 Å². The fourth-order valence-corrected chi connectivity index (χ4v) is 8.64. The Morgan fingerprint density at radius 3 is 0.887 bits per heavy atom. The number of esters is 3. The molecule has 0 N–H and O–H groups in total. The molecule has 0 spiro atoms. The SMILES string of the molecule is CC/C=C\C/C=C\C/C=C\C/C=C\CCCCCCCCCCCCCCCCCCC(=O)OCC(COC(=O)CCCCCCC)OC(=O)CCCCCCCCCCC/C=C\C/C=C\CCCCC. The van der Waals surface area contributed by atoms with Gasteiger partial charge in [-0.25, -0.2) is 0 Å². The van der Waals surface area contributed by atoms with E-state index in [-0.39, 0.29) is 31.1 Å². The van der Waals surface area contributed by atoms with E-state index in [1.165, 1.54) is 167 Å². The van der Waals surface area contributed by atoms with Crippen molar-refractivity contribution in [3.8, 4) is 0 Å². The number of ether oxygens (including phenoxy) is 3. The summed E-state index contributed by atoms with van der Waals surface area (Å²) in [6, 6.07) is 0. The summed E-state index contributed by atoms with van der Waals surface area (Å²) in [6.45, 7) is 6.44. The number of carbonyl (C=O) groups is 3. The lowest BCUT2D eigenvalue weighted by molar-refractivity contribution is -0.167. The molecule has 0 aliphatic heterocycles. The molecular formula is C65H114O6. The third kappa shape index (κ3) is 57.6. The quantitative estimate of drug-likeness (QED) is 0.0261. The van der Waals surface area contributed by atoms with Gasteiger partial charge in [-0.1, -0.05) is 267 Å². The molecule has 410 valence electrons. The first kappa shape index (κ1) is 67.8. The largest absolute Gasteiger partial charge is 0.462 e. The van der Waals surface area contributed by atoms with Gasteiger partial charge in [0.1, 0.15) is 13.2 Å².